The standard InChI is InChI=1S/C17H18N2O2S/c1-12-3-7-14(8-4-12)17(21)19-18-16(20)11-22-15-9-5-13(2)6-10-15/h3-10H,11H2,1-2H3,(H,18,20)(H,19,21). The third-order valence-corrected chi connectivity index (χ3v) is 4.03. The van der Waals surface area contributed by atoms with Crippen LogP contribution in [0.4, 0.5) is 0 Å². The van der Waals surface area contributed by atoms with E-state index in [9.17, 15) is 9.59 Å². The normalized spacial score (nSPS) is 10.1. The van der Waals surface area contributed by atoms with E-state index in [0.717, 1.165) is 10.5 Å². The molecule has 0 saturated heterocycles. The second kappa shape index (κ2) is 7.66. The number of nitrogens with one attached hydrogen (secondary N) is 2. The molecule has 0 saturated carbocycles. The van der Waals surface area contributed by atoms with Crippen LogP contribution in [0.25, 0.3) is 0 Å². The first-order valence-electron chi connectivity index (χ1n) is 6.90. The molecule has 114 valence electrons. The van der Waals surface area contributed by atoms with E-state index < -0.39 is 0 Å². The van der Waals surface area contributed by atoms with Gasteiger partial charge in [0.1, 0.15) is 0 Å². The van der Waals surface area contributed by atoms with E-state index in [1.807, 2.05) is 50.2 Å². The van der Waals surface area contributed by atoms with Crippen molar-refractivity contribution in [3.05, 3.63) is 65.2 Å². The minimum atomic E-state index is -0.325. The average Bonchev–Trinajstić information content (AvgIpc) is 2.52. The van der Waals surface area contributed by atoms with E-state index in [-0.39, 0.29) is 17.6 Å². The minimum absolute atomic E-state index is 0.244. The Hall–Kier alpha value is -2.27. The molecule has 4 nitrogen and oxygen atoms in total. The van der Waals surface area contributed by atoms with Crippen LogP contribution in [0.5, 0.6) is 0 Å². The number of carbonyl (C=O) groups excluding carboxylic acids is 2. The van der Waals surface area contributed by atoms with Gasteiger partial charge in [-0.2, -0.15) is 0 Å². The number of amides is 2. The fraction of sp³-hybridized carbons (Fsp3) is 0.176. The molecule has 0 radical (unpaired) electrons. The van der Waals surface area contributed by atoms with E-state index in [1.54, 1.807) is 12.1 Å². The van der Waals surface area contributed by atoms with Crippen molar-refractivity contribution in [2.75, 3.05) is 5.75 Å². The predicted molar refractivity (Wildman–Crippen MR) is 88.7 cm³/mol. The highest BCUT2D eigenvalue weighted by Crippen LogP contribution is 2.17. The molecule has 0 aliphatic heterocycles. The van der Waals surface area contributed by atoms with Crippen molar-refractivity contribution in [1.29, 1.82) is 0 Å². The summed E-state index contributed by atoms with van der Waals surface area (Å²) >= 11 is 1.42. The maximum absolute atomic E-state index is 11.8. The number of hydrogen-bond acceptors (Lipinski definition) is 3. The lowest BCUT2D eigenvalue weighted by molar-refractivity contribution is -0.119. The van der Waals surface area contributed by atoms with Gasteiger partial charge in [-0.25, -0.2) is 0 Å². The predicted octanol–water partition coefficient (Wildman–Crippen LogP) is 2.86. The number of hydrogen-bond donors (Lipinski definition) is 2. The summed E-state index contributed by atoms with van der Waals surface area (Å²) in [6, 6.07) is 15.1. The Morgan fingerprint density at radius 1 is 0.864 bits per heavy atom. The zero-order valence-electron chi connectivity index (χ0n) is 12.6. The van der Waals surface area contributed by atoms with Gasteiger partial charge in [-0.1, -0.05) is 35.4 Å². The monoisotopic (exact) mass is 314 g/mol. The van der Waals surface area contributed by atoms with Crippen molar-refractivity contribution >= 4 is 23.6 Å². The quantitative estimate of drug-likeness (QED) is 0.674. The molecule has 2 aromatic rings. The number of thioether (sulfide) groups is 1. The Balaban J connectivity index is 1.76. The van der Waals surface area contributed by atoms with Crippen LogP contribution in [0.2, 0.25) is 0 Å². The molecular weight excluding hydrogens is 296 g/mol. The topological polar surface area (TPSA) is 58.2 Å². The van der Waals surface area contributed by atoms with Crippen molar-refractivity contribution < 1.29 is 9.59 Å². The lowest BCUT2D eigenvalue weighted by Gasteiger charge is -2.07. The van der Waals surface area contributed by atoms with Gasteiger partial charge in [-0.15, -0.1) is 11.8 Å². The van der Waals surface area contributed by atoms with Gasteiger partial charge in [0, 0.05) is 10.5 Å². The molecule has 0 aliphatic carbocycles. The number of benzene rings is 2. The molecule has 0 aromatic heterocycles. The van der Waals surface area contributed by atoms with Crippen LogP contribution in [-0.4, -0.2) is 17.6 Å². The molecule has 0 bridgehead atoms. The van der Waals surface area contributed by atoms with Gasteiger partial charge in [0.05, 0.1) is 5.75 Å². The number of carbonyl (C=O) groups is 2. The summed E-state index contributed by atoms with van der Waals surface area (Å²) in [5.74, 6) is -0.322. The van der Waals surface area contributed by atoms with Crippen LogP contribution < -0.4 is 10.9 Å². The Morgan fingerprint density at radius 2 is 1.41 bits per heavy atom. The summed E-state index contributed by atoms with van der Waals surface area (Å²) < 4.78 is 0. The SMILES string of the molecule is Cc1ccc(SCC(=O)NNC(=O)c2ccc(C)cc2)cc1. The number of hydrazine groups is 1. The minimum Gasteiger partial charge on any atom is -0.272 e. The smallest absolute Gasteiger partial charge is 0.269 e. The summed E-state index contributed by atoms with van der Waals surface area (Å²) in [6.45, 7) is 3.97. The van der Waals surface area contributed by atoms with Crippen LogP contribution in [0.15, 0.2) is 53.4 Å². The fourth-order valence-electron chi connectivity index (χ4n) is 1.72. The highest BCUT2D eigenvalue weighted by Gasteiger charge is 2.07. The Labute approximate surface area is 134 Å². The van der Waals surface area contributed by atoms with Crippen LogP contribution in [0, 0.1) is 13.8 Å². The first-order chi connectivity index (χ1) is 10.5. The third-order valence-electron chi connectivity index (χ3n) is 3.02. The summed E-state index contributed by atoms with van der Waals surface area (Å²) in [5, 5.41) is 0. The van der Waals surface area contributed by atoms with Crippen molar-refractivity contribution in [3.63, 3.8) is 0 Å². The number of rotatable bonds is 4. The van der Waals surface area contributed by atoms with Crippen molar-refractivity contribution in [1.82, 2.24) is 10.9 Å². The van der Waals surface area contributed by atoms with E-state index in [1.165, 1.54) is 17.3 Å². The van der Waals surface area contributed by atoms with Gasteiger partial charge in [0.25, 0.3) is 5.91 Å². The average molecular weight is 314 g/mol. The molecule has 0 spiro atoms. The van der Waals surface area contributed by atoms with Crippen LogP contribution in [-0.2, 0) is 4.79 Å². The van der Waals surface area contributed by atoms with Gasteiger partial charge in [-0.3, -0.25) is 20.4 Å². The molecule has 0 aliphatic rings. The Bertz CT molecular complexity index is 651. The molecule has 5 heteroatoms. The summed E-state index contributed by atoms with van der Waals surface area (Å²) in [6.07, 6.45) is 0. The zero-order valence-corrected chi connectivity index (χ0v) is 13.4. The molecule has 0 heterocycles. The second-order valence-corrected chi connectivity index (χ2v) is 6.02. The highest BCUT2D eigenvalue weighted by molar-refractivity contribution is 8.00. The molecule has 2 rings (SSSR count). The Morgan fingerprint density at radius 3 is 2.00 bits per heavy atom. The first-order valence-corrected chi connectivity index (χ1v) is 7.88. The molecule has 0 atom stereocenters. The van der Waals surface area contributed by atoms with E-state index >= 15 is 0 Å². The van der Waals surface area contributed by atoms with Gasteiger partial charge in [-0.05, 0) is 38.1 Å². The molecule has 0 fully saturated rings. The Kier molecular flexibility index (Phi) is 5.61. The van der Waals surface area contributed by atoms with Crippen molar-refractivity contribution in [3.8, 4) is 0 Å². The van der Waals surface area contributed by atoms with Gasteiger partial charge in [0.15, 0.2) is 0 Å². The van der Waals surface area contributed by atoms with E-state index in [0.29, 0.717) is 5.56 Å². The summed E-state index contributed by atoms with van der Waals surface area (Å²) in [5.41, 5.74) is 7.60. The van der Waals surface area contributed by atoms with Crippen molar-refractivity contribution in [2.24, 2.45) is 0 Å². The zero-order chi connectivity index (χ0) is 15.9. The largest absolute Gasteiger partial charge is 0.272 e. The lowest BCUT2D eigenvalue weighted by Crippen LogP contribution is -2.42. The summed E-state index contributed by atoms with van der Waals surface area (Å²) in [7, 11) is 0. The van der Waals surface area contributed by atoms with Crippen LogP contribution in [0.3, 0.4) is 0 Å². The fourth-order valence-corrected chi connectivity index (χ4v) is 2.42. The van der Waals surface area contributed by atoms with Crippen molar-refractivity contribution in [2.45, 2.75) is 18.7 Å². The third kappa shape index (κ3) is 4.93. The maximum Gasteiger partial charge on any atom is 0.269 e. The van der Waals surface area contributed by atoms with Crippen LogP contribution >= 0.6 is 11.8 Å². The van der Waals surface area contributed by atoms with E-state index in [4.69, 9.17) is 0 Å². The van der Waals surface area contributed by atoms with E-state index in [2.05, 4.69) is 10.9 Å². The van der Waals surface area contributed by atoms with Gasteiger partial charge in [0.2, 0.25) is 5.91 Å². The second-order valence-electron chi connectivity index (χ2n) is 4.97. The molecule has 2 aromatic carbocycles. The van der Waals surface area contributed by atoms with Gasteiger partial charge >= 0.3 is 0 Å². The maximum atomic E-state index is 11.8. The lowest BCUT2D eigenvalue weighted by atomic mass is 10.1. The number of aryl methyl sites for hydroxylation is 2. The summed E-state index contributed by atoms with van der Waals surface area (Å²) in [4.78, 5) is 24.6. The highest BCUT2D eigenvalue weighted by atomic mass is 32.2. The molecule has 2 N–H and O–H groups in total. The first kappa shape index (κ1) is 16.1. The molecule has 22 heavy (non-hydrogen) atoms. The molecular formula is C17H18N2O2S. The van der Waals surface area contributed by atoms with Crippen LogP contribution in [0.1, 0.15) is 21.5 Å². The molecule has 0 unspecified atom stereocenters. The van der Waals surface area contributed by atoms with Gasteiger partial charge < -0.3 is 0 Å². The molecule has 2 amide bonds.